The van der Waals surface area contributed by atoms with Crippen LogP contribution in [0, 0.1) is 17.0 Å². The quantitative estimate of drug-likeness (QED) is 0.657. The van der Waals surface area contributed by atoms with Crippen molar-refractivity contribution in [1.29, 1.82) is 0 Å². The predicted octanol–water partition coefficient (Wildman–Crippen LogP) is 3.35. The zero-order valence-electron chi connectivity index (χ0n) is 10.7. The highest BCUT2D eigenvalue weighted by atomic mass is 16.6. The maximum absolute atomic E-state index is 11.1. The van der Waals surface area contributed by atoms with Crippen molar-refractivity contribution in [2.45, 2.75) is 6.92 Å². The van der Waals surface area contributed by atoms with E-state index in [1.54, 1.807) is 12.1 Å². The van der Waals surface area contributed by atoms with Crippen LogP contribution in [0.4, 0.5) is 17.1 Å². The highest BCUT2D eigenvalue weighted by Gasteiger charge is 2.24. The largest absolute Gasteiger partial charge is 0.477 e. The Morgan fingerprint density at radius 1 is 1.15 bits per heavy atom. The topological polar surface area (TPSA) is 92.5 Å². The molecule has 0 spiro atoms. The maximum Gasteiger partial charge on any atom is 0.342 e. The van der Waals surface area contributed by atoms with Gasteiger partial charge < -0.3 is 10.4 Å². The van der Waals surface area contributed by atoms with E-state index in [1.165, 1.54) is 18.2 Å². The molecule has 6 heteroatoms. The van der Waals surface area contributed by atoms with Crippen LogP contribution in [0.25, 0.3) is 0 Å². The van der Waals surface area contributed by atoms with Gasteiger partial charge in [0.2, 0.25) is 0 Å². The first-order valence-corrected chi connectivity index (χ1v) is 5.84. The van der Waals surface area contributed by atoms with E-state index in [2.05, 4.69) is 5.32 Å². The van der Waals surface area contributed by atoms with Gasteiger partial charge in [0, 0.05) is 5.69 Å². The molecule has 2 aromatic carbocycles. The number of aryl methyl sites for hydroxylation is 1. The second kappa shape index (κ2) is 5.40. The summed E-state index contributed by atoms with van der Waals surface area (Å²) in [5.41, 5.74) is 0.974. The molecule has 102 valence electrons. The van der Waals surface area contributed by atoms with Gasteiger partial charge in [-0.1, -0.05) is 24.3 Å². The zero-order chi connectivity index (χ0) is 14.7. The molecule has 20 heavy (non-hydrogen) atoms. The van der Waals surface area contributed by atoms with Gasteiger partial charge in [-0.05, 0) is 30.7 Å². The summed E-state index contributed by atoms with van der Waals surface area (Å²) < 4.78 is 0. The van der Waals surface area contributed by atoms with Crippen LogP contribution in [-0.2, 0) is 0 Å². The fraction of sp³-hybridized carbons (Fsp3) is 0.0714. The summed E-state index contributed by atoms with van der Waals surface area (Å²) in [5.74, 6) is -1.33. The van der Waals surface area contributed by atoms with E-state index < -0.39 is 16.6 Å². The Kier molecular flexibility index (Phi) is 3.65. The first-order valence-electron chi connectivity index (χ1n) is 5.84. The minimum Gasteiger partial charge on any atom is -0.477 e. The Morgan fingerprint density at radius 3 is 2.40 bits per heavy atom. The van der Waals surface area contributed by atoms with Crippen molar-refractivity contribution >= 4 is 23.0 Å². The molecule has 0 unspecified atom stereocenters. The molecule has 2 rings (SSSR count). The average Bonchev–Trinajstić information content (AvgIpc) is 2.40. The Morgan fingerprint density at radius 2 is 1.80 bits per heavy atom. The third-order valence-electron chi connectivity index (χ3n) is 2.86. The molecule has 0 amide bonds. The summed E-state index contributed by atoms with van der Waals surface area (Å²) in [5, 5.41) is 23.1. The Balaban J connectivity index is 2.52. The van der Waals surface area contributed by atoms with Gasteiger partial charge >= 0.3 is 11.7 Å². The number of carboxylic acids is 1. The number of aromatic carboxylic acids is 1. The number of anilines is 2. The normalized spacial score (nSPS) is 10.1. The van der Waals surface area contributed by atoms with Gasteiger partial charge in [0.15, 0.2) is 0 Å². The summed E-state index contributed by atoms with van der Waals surface area (Å²) in [6, 6.07) is 11.4. The molecule has 0 aromatic heterocycles. The van der Waals surface area contributed by atoms with Crippen molar-refractivity contribution < 1.29 is 14.8 Å². The molecule has 0 atom stereocenters. The van der Waals surface area contributed by atoms with Crippen molar-refractivity contribution in [2.75, 3.05) is 5.32 Å². The van der Waals surface area contributed by atoms with E-state index in [0.29, 0.717) is 5.69 Å². The molecule has 2 N–H and O–H groups in total. The summed E-state index contributed by atoms with van der Waals surface area (Å²) in [4.78, 5) is 21.5. The first kappa shape index (κ1) is 13.5. The van der Waals surface area contributed by atoms with Gasteiger partial charge in [-0.2, -0.15) is 0 Å². The minimum absolute atomic E-state index is 0.157. The standard InChI is InChI=1S/C14H12N2O4/c1-9-5-2-3-7-11(9)15-12-8-4-6-10(14(17)18)13(12)16(19)20/h2-8,15H,1H3,(H,17,18). The number of nitro groups is 1. The average molecular weight is 272 g/mol. The molecule has 6 nitrogen and oxygen atoms in total. The highest BCUT2D eigenvalue weighted by molar-refractivity contribution is 5.96. The highest BCUT2D eigenvalue weighted by Crippen LogP contribution is 2.32. The number of hydrogen-bond donors (Lipinski definition) is 2. The van der Waals surface area contributed by atoms with Gasteiger partial charge in [0.1, 0.15) is 11.3 Å². The number of carbonyl (C=O) groups is 1. The van der Waals surface area contributed by atoms with E-state index >= 15 is 0 Å². The Bertz CT molecular complexity index is 683. The third-order valence-corrected chi connectivity index (χ3v) is 2.86. The van der Waals surface area contributed by atoms with Crippen molar-refractivity contribution in [2.24, 2.45) is 0 Å². The number of rotatable bonds is 4. The third kappa shape index (κ3) is 2.59. The molecule has 0 bridgehead atoms. The molecule has 0 aliphatic rings. The van der Waals surface area contributed by atoms with Gasteiger partial charge in [-0.25, -0.2) is 4.79 Å². The Hall–Kier alpha value is -2.89. The first-order chi connectivity index (χ1) is 9.50. The molecular weight excluding hydrogens is 260 g/mol. The van der Waals surface area contributed by atoms with Crippen LogP contribution < -0.4 is 5.32 Å². The molecule has 0 radical (unpaired) electrons. The van der Waals surface area contributed by atoms with Gasteiger partial charge in [0.05, 0.1) is 4.92 Å². The van der Waals surface area contributed by atoms with Crippen LogP contribution in [0.1, 0.15) is 15.9 Å². The number of nitrogens with zero attached hydrogens (tertiary/aromatic N) is 1. The number of nitrogens with one attached hydrogen (secondary N) is 1. The molecule has 0 fully saturated rings. The van der Waals surface area contributed by atoms with E-state index in [0.717, 1.165) is 5.56 Å². The minimum atomic E-state index is -1.33. The van der Waals surface area contributed by atoms with Crippen LogP contribution in [0.2, 0.25) is 0 Å². The van der Waals surface area contributed by atoms with Crippen molar-refractivity contribution in [3.8, 4) is 0 Å². The maximum atomic E-state index is 11.1. The molecule has 0 aliphatic carbocycles. The molecule has 0 aliphatic heterocycles. The SMILES string of the molecule is Cc1ccccc1Nc1cccc(C(=O)O)c1[N+](=O)[O-]. The van der Waals surface area contributed by atoms with Crippen molar-refractivity contribution in [1.82, 2.24) is 0 Å². The lowest BCUT2D eigenvalue weighted by molar-refractivity contribution is -0.384. The van der Waals surface area contributed by atoms with E-state index in [4.69, 9.17) is 5.11 Å². The van der Waals surface area contributed by atoms with Crippen LogP contribution >= 0.6 is 0 Å². The number of para-hydroxylation sites is 2. The second-order valence-corrected chi connectivity index (χ2v) is 4.20. The fourth-order valence-corrected chi connectivity index (χ4v) is 1.87. The van der Waals surface area contributed by atoms with Crippen molar-refractivity contribution in [3.05, 3.63) is 63.7 Å². The number of carboxylic acid groups (broad SMARTS) is 1. The Labute approximate surface area is 114 Å². The van der Waals surface area contributed by atoms with Gasteiger partial charge in [0.25, 0.3) is 0 Å². The van der Waals surface area contributed by atoms with E-state index in [-0.39, 0.29) is 11.3 Å². The monoisotopic (exact) mass is 272 g/mol. The van der Waals surface area contributed by atoms with Crippen LogP contribution in [0.15, 0.2) is 42.5 Å². The summed E-state index contributed by atoms with van der Waals surface area (Å²) in [6.07, 6.45) is 0. The lowest BCUT2D eigenvalue weighted by Gasteiger charge is -2.10. The lowest BCUT2D eigenvalue weighted by Crippen LogP contribution is -2.06. The molecule has 2 aromatic rings. The molecule has 0 saturated carbocycles. The smallest absolute Gasteiger partial charge is 0.342 e. The summed E-state index contributed by atoms with van der Waals surface area (Å²) >= 11 is 0. The molecular formula is C14H12N2O4. The fourth-order valence-electron chi connectivity index (χ4n) is 1.87. The summed E-state index contributed by atoms with van der Waals surface area (Å²) in [7, 11) is 0. The van der Waals surface area contributed by atoms with E-state index in [9.17, 15) is 14.9 Å². The number of benzene rings is 2. The molecule has 0 saturated heterocycles. The van der Waals surface area contributed by atoms with Crippen molar-refractivity contribution in [3.63, 3.8) is 0 Å². The molecule has 0 heterocycles. The van der Waals surface area contributed by atoms with Gasteiger partial charge in [-0.15, -0.1) is 0 Å². The summed E-state index contributed by atoms with van der Waals surface area (Å²) in [6.45, 7) is 1.86. The number of hydrogen-bond acceptors (Lipinski definition) is 4. The zero-order valence-corrected chi connectivity index (χ0v) is 10.7. The van der Waals surface area contributed by atoms with Crippen LogP contribution in [0.3, 0.4) is 0 Å². The number of nitro benzene ring substituents is 1. The van der Waals surface area contributed by atoms with Crippen LogP contribution in [0.5, 0.6) is 0 Å². The van der Waals surface area contributed by atoms with E-state index in [1.807, 2.05) is 19.1 Å². The van der Waals surface area contributed by atoms with Gasteiger partial charge in [-0.3, -0.25) is 10.1 Å². The lowest BCUT2D eigenvalue weighted by atomic mass is 10.1. The predicted molar refractivity (Wildman–Crippen MR) is 74.5 cm³/mol. The second-order valence-electron chi connectivity index (χ2n) is 4.20. The van der Waals surface area contributed by atoms with Crippen LogP contribution in [-0.4, -0.2) is 16.0 Å².